The second-order valence-corrected chi connectivity index (χ2v) is 8.84. The Balaban J connectivity index is 1.39. The second kappa shape index (κ2) is 11.1. The number of allylic oxidation sites excluding steroid dienone is 3. The molecule has 1 aliphatic heterocycles. The highest BCUT2D eigenvalue weighted by Gasteiger charge is 2.27. The average molecular weight is 458 g/mol. The average Bonchev–Trinajstić information content (AvgIpc) is 2.85. The Labute approximate surface area is 201 Å². The fourth-order valence-corrected chi connectivity index (χ4v) is 4.16. The van der Waals surface area contributed by atoms with E-state index in [1.54, 1.807) is 13.3 Å². The van der Waals surface area contributed by atoms with Crippen LogP contribution in [0.1, 0.15) is 24.9 Å². The summed E-state index contributed by atoms with van der Waals surface area (Å²) in [7, 11) is 1.73. The van der Waals surface area contributed by atoms with E-state index >= 15 is 0 Å². The third-order valence-electron chi connectivity index (χ3n) is 6.43. The van der Waals surface area contributed by atoms with Crippen LogP contribution in [0.15, 0.2) is 72.5 Å². The van der Waals surface area contributed by atoms with E-state index in [9.17, 15) is 4.79 Å². The van der Waals surface area contributed by atoms with Gasteiger partial charge in [-0.2, -0.15) is 5.26 Å². The Morgan fingerprint density at radius 3 is 2.68 bits per heavy atom. The Morgan fingerprint density at radius 1 is 1.26 bits per heavy atom. The normalized spacial score (nSPS) is 19.5. The molecule has 2 heterocycles. The molecule has 0 saturated carbocycles. The second-order valence-electron chi connectivity index (χ2n) is 8.84. The molecule has 7 nitrogen and oxygen atoms in total. The summed E-state index contributed by atoms with van der Waals surface area (Å²) in [5.74, 6) is 0.529. The number of hydrogen-bond acceptors (Lipinski definition) is 6. The molecule has 3 unspecified atom stereocenters. The molecule has 0 bridgehead atoms. The van der Waals surface area contributed by atoms with Crippen LogP contribution in [-0.4, -0.2) is 43.7 Å². The van der Waals surface area contributed by atoms with Crippen LogP contribution in [0, 0.1) is 23.2 Å². The van der Waals surface area contributed by atoms with Gasteiger partial charge in [0.05, 0.1) is 30.0 Å². The lowest BCUT2D eigenvalue weighted by Gasteiger charge is -2.39. The fourth-order valence-electron chi connectivity index (χ4n) is 4.16. The van der Waals surface area contributed by atoms with Gasteiger partial charge in [0.1, 0.15) is 11.9 Å². The molecule has 4 rings (SSSR count). The fraction of sp³-hybridized carbons (Fsp3) is 0.370. The van der Waals surface area contributed by atoms with Crippen molar-refractivity contribution in [3.63, 3.8) is 0 Å². The predicted octanol–water partition coefficient (Wildman–Crippen LogP) is 3.85. The van der Waals surface area contributed by atoms with Gasteiger partial charge in [-0.3, -0.25) is 4.79 Å². The maximum absolute atomic E-state index is 13.2. The summed E-state index contributed by atoms with van der Waals surface area (Å²) < 4.78 is 5.32. The number of aromatic nitrogens is 1. The van der Waals surface area contributed by atoms with Gasteiger partial charge in [0.2, 0.25) is 5.91 Å². The molecular weight excluding hydrogens is 426 g/mol. The van der Waals surface area contributed by atoms with Crippen molar-refractivity contribution in [1.82, 2.24) is 10.3 Å². The molecule has 34 heavy (non-hydrogen) atoms. The number of ether oxygens (including phenoxy) is 1. The molecule has 1 aromatic carbocycles. The van der Waals surface area contributed by atoms with Crippen LogP contribution < -0.4 is 15.5 Å². The summed E-state index contributed by atoms with van der Waals surface area (Å²) in [6, 6.07) is 15.3. The minimum Gasteiger partial charge on any atom is -0.378 e. The first-order valence-electron chi connectivity index (χ1n) is 11.7. The number of methoxy groups -OCH3 is 1. The van der Waals surface area contributed by atoms with Crippen LogP contribution in [-0.2, 0) is 9.53 Å². The Morgan fingerprint density at radius 2 is 2.06 bits per heavy atom. The molecule has 2 aromatic rings. The minimum atomic E-state index is -0.511. The Bertz CT molecular complexity index is 1070. The van der Waals surface area contributed by atoms with E-state index in [0.29, 0.717) is 12.4 Å². The highest BCUT2D eigenvalue weighted by molar-refractivity contribution is 5.94. The number of rotatable bonds is 9. The molecule has 0 radical (unpaired) electrons. The third kappa shape index (κ3) is 5.71. The smallest absolute Gasteiger partial charge is 0.247 e. The Hall–Kier alpha value is -3.47. The number of nitrogens with zero attached hydrogens (tertiary/aromatic N) is 3. The number of amides is 1. The summed E-state index contributed by atoms with van der Waals surface area (Å²) in [6.07, 6.45) is 8.90. The van der Waals surface area contributed by atoms with Crippen molar-refractivity contribution < 1.29 is 9.53 Å². The van der Waals surface area contributed by atoms with Gasteiger partial charge in [-0.25, -0.2) is 4.98 Å². The zero-order chi connectivity index (χ0) is 23.9. The van der Waals surface area contributed by atoms with Crippen LogP contribution >= 0.6 is 0 Å². The van der Waals surface area contributed by atoms with Gasteiger partial charge in [0.15, 0.2) is 0 Å². The van der Waals surface area contributed by atoms with Crippen molar-refractivity contribution in [3.05, 3.63) is 78.0 Å². The summed E-state index contributed by atoms with van der Waals surface area (Å²) in [4.78, 5) is 19.9. The monoisotopic (exact) mass is 457 g/mol. The number of carbonyl (C=O) groups is 1. The molecule has 1 saturated heterocycles. The standard InChI is InChI=1S/C27H31N5O2/c1-19(21-10-8-20(14-28)9-11-21)15-30-26(22-6-4-3-5-7-22)27(33)31-25-13-12-23(16-29-25)32-17-24(18-32)34-2/h3-8,10-13,16,19-20,24,26,30H,9,15,17-18H2,1-2H3,(H,29,31,33). The van der Waals surface area contributed by atoms with E-state index in [1.165, 1.54) is 5.57 Å². The molecule has 2 aliphatic rings. The van der Waals surface area contributed by atoms with Crippen molar-refractivity contribution in [1.29, 1.82) is 5.26 Å². The lowest BCUT2D eigenvalue weighted by Crippen LogP contribution is -2.51. The molecule has 2 N–H and O–H groups in total. The summed E-state index contributed by atoms with van der Waals surface area (Å²) >= 11 is 0. The van der Waals surface area contributed by atoms with Gasteiger partial charge in [-0.1, -0.05) is 55.5 Å². The van der Waals surface area contributed by atoms with Crippen molar-refractivity contribution in [2.75, 3.05) is 37.0 Å². The zero-order valence-electron chi connectivity index (χ0n) is 19.6. The minimum absolute atomic E-state index is 0.0480. The molecule has 3 atom stereocenters. The van der Waals surface area contributed by atoms with Crippen LogP contribution in [0.4, 0.5) is 11.5 Å². The first kappa shape index (κ1) is 23.7. The molecule has 1 aromatic heterocycles. The van der Waals surface area contributed by atoms with Crippen LogP contribution in [0.25, 0.3) is 0 Å². The zero-order valence-corrected chi connectivity index (χ0v) is 19.6. The predicted molar refractivity (Wildman–Crippen MR) is 133 cm³/mol. The van der Waals surface area contributed by atoms with E-state index in [-0.39, 0.29) is 23.8 Å². The third-order valence-corrected chi connectivity index (χ3v) is 6.43. The largest absolute Gasteiger partial charge is 0.378 e. The van der Waals surface area contributed by atoms with Gasteiger partial charge >= 0.3 is 0 Å². The lowest BCUT2D eigenvalue weighted by atomic mass is 9.91. The number of nitrogens with one attached hydrogen (secondary N) is 2. The van der Waals surface area contributed by atoms with Gasteiger partial charge in [-0.15, -0.1) is 0 Å². The topological polar surface area (TPSA) is 90.3 Å². The van der Waals surface area contributed by atoms with Crippen LogP contribution in [0.3, 0.4) is 0 Å². The number of nitriles is 1. The molecule has 7 heteroatoms. The maximum atomic E-state index is 13.2. The molecule has 176 valence electrons. The molecular formula is C27H31N5O2. The number of hydrogen-bond donors (Lipinski definition) is 2. The first-order chi connectivity index (χ1) is 16.6. The highest BCUT2D eigenvalue weighted by Crippen LogP contribution is 2.24. The molecule has 1 amide bonds. The van der Waals surface area contributed by atoms with Crippen molar-refractivity contribution >= 4 is 17.4 Å². The molecule has 0 spiro atoms. The van der Waals surface area contributed by atoms with Crippen molar-refractivity contribution in [2.24, 2.45) is 11.8 Å². The molecule has 1 fully saturated rings. The highest BCUT2D eigenvalue weighted by atomic mass is 16.5. The number of anilines is 2. The summed E-state index contributed by atoms with van der Waals surface area (Å²) in [5.41, 5.74) is 3.10. The van der Waals surface area contributed by atoms with Crippen molar-refractivity contribution in [3.8, 4) is 6.07 Å². The van der Waals surface area contributed by atoms with Gasteiger partial charge in [0, 0.05) is 26.7 Å². The van der Waals surface area contributed by atoms with E-state index < -0.39 is 6.04 Å². The number of carbonyl (C=O) groups excluding carboxylic acids is 1. The SMILES string of the molecule is COC1CN(c2ccc(NC(=O)C(NCC(C)C3=CCC(C#N)C=C3)c3ccccc3)nc2)C1. The summed E-state index contributed by atoms with van der Waals surface area (Å²) in [6.45, 7) is 4.46. The summed E-state index contributed by atoms with van der Waals surface area (Å²) in [5, 5.41) is 15.5. The Kier molecular flexibility index (Phi) is 7.73. The van der Waals surface area contributed by atoms with E-state index in [1.807, 2.05) is 54.6 Å². The van der Waals surface area contributed by atoms with Crippen molar-refractivity contribution in [2.45, 2.75) is 25.5 Å². The number of benzene rings is 1. The van der Waals surface area contributed by atoms with Gasteiger partial charge in [0.25, 0.3) is 0 Å². The maximum Gasteiger partial charge on any atom is 0.247 e. The van der Waals surface area contributed by atoms with Gasteiger partial charge < -0.3 is 20.3 Å². The van der Waals surface area contributed by atoms with E-state index in [2.05, 4.69) is 39.6 Å². The number of pyridine rings is 1. The van der Waals surface area contributed by atoms with Gasteiger partial charge in [-0.05, 0) is 35.6 Å². The quantitative estimate of drug-likeness (QED) is 0.595. The first-order valence-corrected chi connectivity index (χ1v) is 11.7. The lowest BCUT2D eigenvalue weighted by molar-refractivity contribution is -0.118. The van der Waals surface area contributed by atoms with E-state index in [4.69, 9.17) is 10.00 Å². The van der Waals surface area contributed by atoms with Crippen LogP contribution in [0.2, 0.25) is 0 Å². The molecule has 1 aliphatic carbocycles. The van der Waals surface area contributed by atoms with Crippen LogP contribution in [0.5, 0.6) is 0 Å². The van der Waals surface area contributed by atoms with E-state index in [0.717, 1.165) is 30.8 Å².